The van der Waals surface area contributed by atoms with Crippen molar-refractivity contribution >= 4 is 11.8 Å². The molecule has 0 saturated carbocycles. The van der Waals surface area contributed by atoms with Crippen molar-refractivity contribution in [2.24, 2.45) is 5.41 Å². The number of hydrogen-bond acceptors (Lipinski definition) is 4. The summed E-state index contributed by atoms with van der Waals surface area (Å²) in [6.45, 7) is 4.88. The highest BCUT2D eigenvalue weighted by Gasteiger charge is 2.29. The van der Waals surface area contributed by atoms with E-state index < -0.39 is 17.2 Å². The highest BCUT2D eigenvalue weighted by atomic mass is 16.5. The molecule has 0 aliphatic carbocycles. The first-order valence-electron chi connectivity index (χ1n) is 4.04. The molecule has 0 aromatic carbocycles. The zero-order chi connectivity index (χ0) is 10.5. The van der Waals surface area contributed by atoms with E-state index in [2.05, 4.69) is 4.74 Å². The largest absolute Gasteiger partial charge is 0.466 e. The van der Waals surface area contributed by atoms with E-state index in [0.29, 0.717) is 0 Å². The Morgan fingerprint density at radius 1 is 1.46 bits per heavy atom. The Bertz CT molecular complexity index is 250. The lowest BCUT2D eigenvalue weighted by Crippen LogP contribution is -2.25. The molecule has 4 nitrogen and oxygen atoms in total. The van der Waals surface area contributed by atoms with Crippen molar-refractivity contribution in [3.63, 3.8) is 0 Å². The molecular formula is C9H13NO3. The number of hydrogen-bond donors (Lipinski definition) is 0. The number of esters is 1. The first-order valence-corrected chi connectivity index (χ1v) is 4.04. The summed E-state index contributed by atoms with van der Waals surface area (Å²) in [4.78, 5) is 22.1. The molecule has 0 spiro atoms. The third-order valence-electron chi connectivity index (χ3n) is 1.59. The van der Waals surface area contributed by atoms with E-state index in [4.69, 9.17) is 5.26 Å². The number of ether oxygens (including phenoxy) is 1. The predicted molar refractivity (Wildman–Crippen MR) is 45.7 cm³/mol. The molecule has 0 aliphatic heterocycles. The quantitative estimate of drug-likeness (QED) is 0.482. The molecule has 0 amide bonds. The number of nitriles is 1. The van der Waals surface area contributed by atoms with Crippen molar-refractivity contribution < 1.29 is 14.3 Å². The van der Waals surface area contributed by atoms with Gasteiger partial charge in [0, 0.05) is 0 Å². The van der Waals surface area contributed by atoms with Crippen LogP contribution in [0.4, 0.5) is 0 Å². The monoisotopic (exact) mass is 183 g/mol. The van der Waals surface area contributed by atoms with Gasteiger partial charge in [0.15, 0.2) is 5.78 Å². The number of rotatable bonds is 4. The van der Waals surface area contributed by atoms with Gasteiger partial charge < -0.3 is 4.74 Å². The van der Waals surface area contributed by atoms with Gasteiger partial charge >= 0.3 is 5.97 Å². The van der Waals surface area contributed by atoms with E-state index in [1.54, 1.807) is 6.92 Å². The minimum Gasteiger partial charge on any atom is -0.466 e. The first-order chi connectivity index (χ1) is 5.94. The van der Waals surface area contributed by atoms with Crippen LogP contribution in [0.3, 0.4) is 0 Å². The minimum atomic E-state index is -1.10. The zero-order valence-corrected chi connectivity index (χ0v) is 8.09. The summed E-state index contributed by atoms with van der Waals surface area (Å²) in [5, 5.41) is 8.58. The van der Waals surface area contributed by atoms with Crippen LogP contribution in [0, 0.1) is 16.7 Å². The summed E-state index contributed by atoms with van der Waals surface area (Å²) in [5.74, 6) is -0.982. The lowest BCUT2D eigenvalue weighted by molar-refractivity contribution is -0.146. The number of ketones is 1. The number of carbonyl (C=O) groups is 2. The maximum atomic E-state index is 11.3. The summed E-state index contributed by atoms with van der Waals surface area (Å²) in [6.07, 6.45) is -0.325. The van der Waals surface area contributed by atoms with E-state index in [0.717, 1.165) is 0 Å². The lowest BCUT2D eigenvalue weighted by Gasteiger charge is -2.12. The molecule has 4 heteroatoms. The second-order valence-electron chi connectivity index (χ2n) is 3.14. The molecule has 0 aromatic rings. The molecule has 72 valence electrons. The van der Waals surface area contributed by atoms with Gasteiger partial charge in [-0.05, 0) is 20.8 Å². The van der Waals surface area contributed by atoms with E-state index in [9.17, 15) is 9.59 Å². The molecule has 0 aromatic heterocycles. The SMILES string of the molecule is CCOC(=O)CC(=O)C(C)(C)C#N. The fraction of sp³-hybridized carbons (Fsp3) is 0.667. The van der Waals surface area contributed by atoms with Crippen LogP contribution in [0.2, 0.25) is 0 Å². The Labute approximate surface area is 77.5 Å². The van der Waals surface area contributed by atoms with Crippen LogP contribution in [0.25, 0.3) is 0 Å². The van der Waals surface area contributed by atoms with Gasteiger partial charge in [-0.1, -0.05) is 0 Å². The smallest absolute Gasteiger partial charge is 0.313 e. The normalized spacial score (nSPS) is 10.3. The molecule has 0 radical (unpaired) electrons. The molecule has 0 heterocycles. The van der Waals surface area contributed by atoms with Gasteiger partial charge in [-0.15, -0.1) is 0 Å². The summed E-state index contributed by atoms with van der Waals surface area (Å²) in [5.41, 5.74) is -1.10. The van der Waals surface area contributed by atoms with Crippen LogP contribution >= 0.6 is 0 Å². The van der Waals surface area contributed by atoms with Gasteiger partial charge in [-0.25, -0.2) is 0 Å². The molecule has 13 heavy (non-hydrogen) atoms. The van der Waals surface area contributed by atoms with E-state index >= 15 is 0 Å². The van der Waals surface area contributed by atoms with Crippen molar-refractivity contribution in [3.05, 3.63) is 0 Å². The average Bonchev–Trinajstić information content (AvgIpc) is 2.04. The summed E-state index contributed by atoms with van der Waals surface area (Å²) in [7, 11) is 0. The minimum absolute atomic E-state index is 0.249. The Kier molecular flexibility index (Phi) is 4.12. The maximum Gasteiger partial charge on any atom is 0.313 e. The lowest BCUT2D eigenvalue weighted by atomic mass is 9.88. The number of carbonyl (C=O) groups excluding carboxylic acids is 2. The molecule has 0 unspecified atom stereocenters. The van der Waals surface area contributed by atoms with Crippen molar-refractivity contribution in [1.29, 1.82) is 5.26 Å². The molecule has 0 atom stereocenters. The van der Waals surface area contributed by atoms with Crippen molar-refractivity contribution in [2.75, 3.05) is 6.61 Å². The average molecular weight is 183 g/mol. The standard InChI is InChI=1S/C9H13NO3/c1-4-13-8(12)5-7(11)9(2,3)6-10/h4-5H2,1-3H3. The van der Waals surface area contributed by atoms with E-state index in [-0.39, 0.29) is 13.0 Å². The van der Waals surface area contributed by atoms with Crippen molar-refractivity contribution in [1.82, 2.24) is 0 Å². The van der Waals surface area contributed by atoms with Crippen LogP contribution in [0.5, 0.6) is 0 Å². The second kappa shape index (κ2) is 4.61. The van der Waals surface area contributed by atoms with Gasteiger partial charge in [-0.2, -0.15) is 5.26 Å². The summed E-state index contributed by atoms with van der Waals surface area (Å²) in [6, 6.07) is 1.83. The highest BCUT2D eigenvalue weighted by Crippen LogP contribution is 2.16. The van der Waals surface area contributed by atoms with E-state index in [1.807, 2.05) is 6.07 Å². The zero-order valence-electron chi connectivity index (χ0n) is 8.09. The van der Waals surface area contributed by atoms with Gasteiger partial charge in [0.05, 0.1) is 12.7 Å². The third kappa shape index (κ3) is 3.70. The van der Waals surface area contributed by atoms with Crippen LogP contribution in [0.1, 0.15) is 27.2 Å². The molecule has 0 bridgehead atoms. The first kappa shape index (κ1) is 11.6. The second-order valence-corrected chi connectivity index (χ2v) is 3.14. The van der Waals surface area contributed by atoms with Crippen LogP contribution in [-0.2, 0) is 14.3 Å². The van der Waals surface area contributed by atoms with Gasteiger partial charge in [0.2, 0.25) is 0 Å². The maximum absolute atomic E-state index is 11.3. The summed E-state index contributed by atoms with van der Waals surface area (Å²) < 4.78 is 4.58. The highest BCUT2D eigenvalue weighted by molar-refractivity contribution is 5.99. The molecular weight excluding hydrogens is 170 g/mol. The molecule has 0 N–H and O–H groups in total. The van der Waals surface area contributed by atoms with Gasteiger partial charge in [-0.3, -0.25) is 9.59 Å². The van der Waals surface area contributed by atoms with Crippen LogP contribution < -0.4 is 0 Å². The number of nitrogens with zero attached hydrogens (tertiary/aromatic N) is 1. The Balaban J connectivity index is 4.18. The Hall–Kier alpha value is -1.37. The molecule has 0 fully saturated rings. The van der Waals surface area contributed by atoms with Crippen molar-refractivity contribution in [3.8, 4) is 6.07 Å². The van der Waals surface area contributed by atoms with Crippen LogP contribution in [-0.4, -0.2) is 18.4 Å². The van der Waals surface area contributed by atoms with Crippen LogP contribution in [0.15, 0.2) is 0 Å². The summed E-state index contributed by atoms with van der Waals surface area (Å²) >= 11 is 0. The fourth-order valence-corrected chi connectivity index (χ4v) is 0.626. The molecule has 0 rings (SSSR count). The topological polar surface area (TPSA) is 67.2 Å². The van der Waals surface area contributed by atoms with Gasteiger partial charge in [0.1, 0.15) is 11.8 Å². The Morgan fingerprint density at radius 2 is 2.00 bits per heavy atom. The van der Waals surface area contributed by atoms with Crippen molar-refractivity contribution in [2.45, 2.75) is 27.2 Å². The van der Waals surface area contributed by atoms with E-state index in [1.165, 1.54) is 13.8 Å². The number of Topliss-reactive ketones (excluding diaryl/α,β-unsaturated/α-hetero) is 1. The predicted octanol–water partition coefficient (Wildman–Crippen LogP) is 1.06. The Morgan fingerprint density at radius 3 is 2.38 bits per heavy atom. The molecule has 0 saturated heterocycles. The van der Waals surface area contributed by atoms with Gasteiger partial charge in [0.25, 0.3) is 0 Å². The fourth-order valence-electron chi connectivity index (χ4n) is 0.626. The third-order valence-corrected chi connectivity index (χ3v) is 1.59. The molecule has 0 aliphatic rings.